The van der Waals surface area contributed by atoms with Gasteiger partial charge in [0, 0.05) is 6.42 Å². The van der Waals surface area contributed by atoms with Crippen LogP contribution in [0.15, 0.2) is 54.6 Å². The van der Waals surface area contributed by atoms with E-state index in [9.17, 15) is 4.79 Å². The number of ketones is 1. The zero-order chi connectivity index (χ0) is 13.1. The molecule has 1 heterocycles. The quantitative estimate of drug-likeness (QED) is 0.844. The van der Waals surface area contributed by atoms with Gasteiger partial charge in [-0.15, -0.1) is 0 Å². The standard InChI is InChI=1S/C16H14O3/c17-13(10-12-6-2-1-3-7-12)16-11-18-14-8-4-5-9-15(14)19-16/h1-9,16H,10-11H2. The third-order valence-corrected chi connectivity index (χ3v) is 3.09. The van der Waals surface area contributed by atoms with Gasteiger partial charge >= 0.3 is 0 Å². The molecule has 0 amide bonds. The molecule has 0 saturated heterocycles. The summed E-state index contributed by atoms with van der Waals surface area (Å²) in [5.41, 5.74) is 0.995. The SMILES string of the molecule is O=C(Cc1ccccc1)C1COc2ccccc2O1. The highest BCUT2D eigenvalue weighted by molar-refractivity contribution is 5.86. The molecule has 3 heteroatoms. The Balaban J connectivity index is 1.70. The van der Waals surface area contributed by atoms with Crippen LogP contribution < -0.4 is 9.47 Å². The van der Waals surface area contributed by atoms with Gasteiger partial charge in [0.25, 0.3) is 0 Å². The maximum absolute atomic E-state index is 12.2. The normalized spacial score (nSPS) is 16.9. The Morgan fingerprint density at radius 2 is 1.68 bits per heavy atom. The average Bonchev–Trinajstić information content (AvgIpc) is 2.48. The molecule has 1 unspecified atom stereocenters. The van der Waals surface area contributed by atoms with E-state index in [-0.39, 0.29) is 12.4 Å². The Morgan fingerprint density at radius 1 is 1.00 bits per heavy atom. The van der Waals surface area contributed by atoms with Crippen molar-refractivity contribution in [3.63, 3.8) is 0 Å². The van der Waals surface area contributed by atoms with E-state index in [1.54, 1.807) is 0 Å². The first kappa shape index (κ1) is 11.8. The zero-order valence-electron chi connectivity index (χ0n) is 10.4. The third-order valence-electron chi connectivity index (χ3n) is 3.09. The van der Waals surface area contributed by atoms with E-state index in [2.05, 4.69) is 0 Å². The van der Waals surface area contributed by atoms with Crippen LogP contribution in [0.5, 0.6) is 11.5 Å². The van der Waals surface area contributed by atoms with Crippen molar-refractivity contribution in [1.82, 2.24) is 0 Å². The van der Waals surface area contributed by atoms with E-state index in [1.165, 1.54) is 0 Å². The van der Waals surface area contributed by atoms with Crippen LogP contribution in [0.3, 0.4) is 0 Å². The monoisotopic (exact) mass is 254 g/mol. The molecule has 2 aromatic rings. The molecular formula is C16H14O3. The van der Waals surface area contributed by atoms with Gasteiger partial charge in [-0.2, -0.15) is 0 Å². The van der Waals surface area contributed by atoms with Crippen molar-refractivity contribution >= 4 is 5.78 Å². The lowest BCUT2D eigenvalue weighted by atomic mass is 10.1. The minimum absolute atomic E-state index is 0.0423. The molecule has 1 aliphatic rings. The fourth-order valence-corrected chi connectivity index (χ4v) is 2.09. The van der Waals surface area contributed by atoms with Gasteiger partial charge in [0.05, 0.1) is 0 Å². The summed E-state index contributed by atoms with van der Waals surface area (Å²) in [5, 5.41) is 0. The number of hydrogen-bond acceptors (Lipinski definition) is 3. The van der Waals surface area contributed by atoms with Gasteiger partial charge in [0.2, 0.25) is 0 Å². The molecule has 19 heavy (non-hydrogen) atoms. The molecule has 3 rings (SSSR count). The number of hydrogen-bond donors (Lipinski definition) is 0. The number of rotatable bonds is 3. The molecule has 96 valence electrons. The fourth-order valence-electron chi connectivity index (χ4n) is 2.09. The van der Waals surface area contributed by atoms with Gasteiger partial charge in [-0.3, -0.25) is 4.79 Å². The summed E-state index contributed by atoms with van der Waals surface area (Å²) in [6, 6.07) is 17.1. The highest BCUT2D eigenvalue weighted by Crippen LogP contribution is 2.31. The molecule has 0 spiro atoms. The molecule has 1 aliphatic heterocycles. The van der Waals surface area contributed by atoms with Crippen LogP contribution in [0, 0.1) is 0 Å². The van der Waals surface area contributed by atoms with Gasteiger partial charge in [0.1, 0.15) is 6.61 Å². The molecule has 0 aromatic heterocycles. The van der Waals surface area contributed by atoms with Crippen molar-refractivity contribution in [3.8, 4) is 11.5 Å². The number of carbonyl (C=O) groups is 1. The minimum Gasteiger partial charge on any atom is -0.485 e. The Bertz CT molecular complexity index is 578. The number of Topliss-reactive ketones (excluding diaryl/α,β-unsaturated/α-hetero) is 1. The molecule has 0 aliphatic carbocycles. The Labute approximate surface area is 111 Å². The van der Waals surface area contributed by atoms with Crippen LogP contribution in [0.2, 0.25) is 0 Å². The van der Waals surface area contributed by atoms with Crippen molar-refractivity contribution in [3.05, 3.63) is 60.2 Å². The molecule has 0 N–H and O–H groups in total. The van der Waals surface area contributed by atoms with Crippen molar-refractivity contribution in [1.29, 1.82) is 0 Å². The van der Waals surface area contributed by atoms with E-state index in [4.69, 9.17) is 9.47 Å². The Hall–Kier alpha value is -2.29. The van der Waals surface area contributed by atoms with Crippen LogP contribution in [-0.4, -0.2) is 18.5 Å². The highest BCUT2D eigenvalue weighted by Gasteiger charge is 2.26. The summed E-state index contributed by atoms with van der Waals surface area (Å²) in [4.78, 5) is 12.2. The Morgan fingerprint density at radius 3 is 2.47 bits per heavy atom. The summed E-state index contributed by atoms with van der Waals surface area (Å²) < 4.78 is 11.2. The Kier molecular flexibility index (Phi) is 3.19. The van der Waals surface area contributed by atoms with Crippen LogP contribution in [-0.2, 0) is 11.2 Å². The first-order valence-corrected chi connectivity index (χ1v) is 6.28. The van der Waals surface area contributed by atoms with Crippen molar-refractivity contribution in [2.75, 3.05) is 6.61 Å². The minimum atomic E-state index is -0.518. The van der Waals surface area contributed by atoms with Gasteiger partial charge < -0.3 is 9.47 Å². The largest absolute Gasteiger partial charge is 0.485 e. The fraction of sp³-hybridized carbons (Fsp3) is 0.188. The van der Waals surface area contributed by atoms with Crippen LogP contribution in [0.25, 0.3) is 0 Å². The summed E-state index contributed by atoms with van der Waals surface area (Å²) in [6.07, 6.45) is -0.146. The van der Waals surface area contributed by atoms with Crippen molar-refractivity contribution < 1.29 is 14.3 Å². The van der Waals surface area contributed by atoms with Crippen LogP contribution in [0.1, 0.15) is 5.56 Å². The maximum atomic E-state index is 12.2. The first-order valence-electron chi connectivity index (χ1n) is 6.28. The molecule has 1 atom stereocenters. The van der Waals surface area contributed by atoms with Crippen LogP contribution in [0.4, 0.5) is 0 Å². The molecule has 0 bridgehead atoms. The number of benzene rings is 2. The lowest BCUT2D eigenvalue weighted by Gasteiger charge is -2.25. The first-order chi connectivity index (χ1) is 9.33. The van der Waals surface area contributed by atoms with Gasteiger partial charge in [-0.1, -0.05) is 42.5 Å². The predicted octanol–water partition coefficient (Wildman–Crippen LogP) is 2.64. The van der Waals surface area contributed by atoms with Gasteiger partial charge in [0.15, 0.2) is 23.4 Å². The van der Waals surface area contributed by atoms with E-state index in [0.717, 1.165) is 5.56 Å². The second-order valence-corrected chi connectivity index (χ2v) is 4.49. The predicted molar refractivity (Wildman–Crippen MR) is 71.5 cm³/mol. The topological polar surface area (TPSA) is 35.5 Å². The maximum Gasteiger partial charge on any atom is 0.191 e. The van der Waals surface area contributed by atoms with Crippen LogP contribution >= 0.6 is 0 Å². The number of carbonyl (C=O) groups excluding carboxylic acids is 1. The van der Waals surface area contributed by atoms with Gasteiger partial charge in [-0.25, -0.2) is 0 Å². The van der Waals surface area contributed by atoms with E-state index >= 15 is 0 Å². The second kappa shape index (κ2) is 5.14. The van der Waals surface area contributed by atoms with Crippen molar-refractivity contribution in [2.45, 2.75) is 12.5 Å². The molecule has 0 radical (unpaired) electrons. The second-order valence-electron chi connectivity index (χ2n) is 4.49. The zero-order valence-corrected chi connectivity index (χ0v) is 10.4. The molecule has 2 aromatic carbocycles. The lowest BCUT2D eigenvalue weighted by Crippen LogP contribution is -2.37. The number of fused-ring (bicyclic) bond motifs is 1. The van der Waals surface area contributed by atoms with Gasteiger partial charge in [-0.05, 0) is 17.7 Å². The number of para-hydroxylation sites is 2. The summed E-state index contributed by atoms with van der Waals surface area (Å²) >= 11 is 0. The summed E-state index contributed by atoms with van der Waals surface area (Å²) in [6.45, 7) is 0.280. The van der Waals surface area contributed by atoms with E-state index in [1.807, 2.05) is 54.6 Å². The third kappa shape index (κ3) is 2.60. The molecule has 0 fully saturated rings. The smallest absolute Gasteiger partial charge is 0.191 e. The van der Waals surface area contributed by atoms with E-state index < -0.39 is 6.10 Å². The molecular weight excluding hydrogens is 240 g/mol. The highest BCUT2D eigenvalue weighted by atomic mass is 16.6. The summed E-state index contributed by atoms with van der Waals surface area (Å²) in [7, 11) is 0. The average molecular weight is 254 g/mol. The van der Waals surface area contributed by atoms with Crippen molar-refractivity contribution in [2.24, 2.45) is 0 Å². The number of ether oxygens (including phenoxy) is 2. The summed E-state index contributed by atoms with van der Waals surface area (Å²) in [5.74, 6) is 1.38. The molecule has 0 saturated carbocycles. The molecule has 3 nitrogen and oxygen atoms in total. The van der Waals surface area contributed by atoms with E-state index in [0.29, 0.717) is 17.9 Å². The lowest BCUT2D eigenvalue weighted by molar-refractivity contribution is -0.127.